The minimum absolute atomic E-state index is 0. The van der Waals surface area contributed by atoms with E-state index in [4.69, 9.17) is 5.73 Å². The zero-order chi connectivity index (χ0) is 36.8. The van der Waals surface area contributed by atoms with Gasteiger partial charge in [-0.15, -0.1) is 0 Å². The maximum absolute atomic E-state index is 11.8. The number of halogens is 1. The van der Waals surface area contributed by atoms with Crippen LogP contribution in [0.15, 0.2) is 59.1 Å². The second-order valence-corrected chi connectivity index (χ2v) is 13.1. The Kier molecular flexibility index (Phi) is 19.3. The average molecular weight is 788 g/mol. The van der Waals surface area contributed by atoms with E-state index in [-0.39, 0.29) is 45.4 Å². The summed E-state index contributed by atoms with van der Waals surface area (Å²) in [7, 11) is 0. The van der Waals surface area contributed by atoms with E-state index < -0.39 is 9.85 Å². The number of aryl methyl sites for hydroxylation is 3. The molecule has 0 spiro atoms. The topological polar surface area (TPSA) is 182 Å². The Morgan fingerprint density at radius 2 is 1.13 bits per heavy atom. The van der Waals surface area contributed by atoms with E-state index in [0.717, 1.165) is 96.3 Å². The van der Waals surface area contributed by atoms with Gasteiger partial charge in [-0.2, -0.15) is 0 Å². The van der Waals surface area contributed by atoms with Gasteiger partial charge in [-0.25, -0.2) is 0 Å². The fourth-order valence-electron chi connectivity index (χ4n) is 5.63. The number of hydrogen-bond donors (Lipinski definition) is 2. The third-order valence-electron chi connectivity index (χ3n) is 8.35. The highest BCUT2D eigenvalue weighted by Gasteiger charge is 2.22. The maximum atomic E-state index is 11.8. The largest absolute Gasteiger partial charge is 0.399 e. The van der Waals surface area contributed by atoms with Gasteiger partial charge in [0, 0.05) is 86.1 Å². The molecule has 13 nitrogen and oxygen atoms in total. The van der Waals surface area contributed by atoms with Crippen molar-refractivity contribution < 1.29 is 25.7 Å². The smallest absolute Gasteiger partial charge is 0.269 e. The lowest BCUT2D eigenvalue weighted by molar-refractivity contribution is -0.385. The fraction of sp³-hybridized carbons (Fsp3) is 0.447. The molecule has 286 valence electrons. The average Bonchev–Trinajstić information content (AvgIpc) is 3.08. The molecule has 0 atom stereocenters. The van der Waals surface area contributed by atoms with Gasteiger partial charge in [-0.05, 0) is 106 Å². The number of benzene rings is 3. The van der Waals surface area contributed by atoms with Gasteiger partial charge in [0.2, 0.25) is 17.7 Å². The predicted octanol–water partition coefficient (Wildman–Crippen LogP) is 8.98. The van der Waals surface area contributed by atoms with Crippen molar-refractivity contribution in [3.05, 3.63) is 96.0 Å². The predicted molar refractivity (Wildman–Crippen MR) is 214 cm³/mol. The van der Waals surface area contributed by atoms with Gasteiger partial charge in [0.05, 0.1) is 9.85 Å². The summed E-state index contributed by atoms with van der Waals surface area (Å²) in [4.78, 5) is 57.5. The van der Waals surface area contributed by atoms with Gasteiger partial charge >= 0.3 is 0 Å². The molecule has 14 heteroatoms. The molecular weight excluding hydrogens is 732 g/mol. The standard InChI is InChI=1S/C12H14N2O3.C12H16N2O.C7H6BrNO2.C5H9NO.2CH4.H2/c1-9-8-10(14(16)17)5-6-11(9)13-7-3-2-4-12(13)15;1-9-8-10(13)5-6-11(9)14-7-3-2-4-12(14)15;1-5-4-6(9(10)11)2-3-7(5)8;7-5-3-1-2-4-6-5;;;/h5-6,8H,2-4,7H2,1H3;5-6,8H,2-4,7,13H2,1H3;2-4H,1H3;1-4H2,(H,6,7);2*1H4;1H. The van der Waals surface area contributed by atoms with Gasteiger partial charge in [-0.1, -0.05) is 30.8 Å². The van der Waals surface area contributed by atoms with Crippen LogP contribution < -0.4 is 20.9 Å². The van der Waals surface area contributed by atoms with Crippen molar-refractivity contribution in [2.24, 2.45) is 0 Å². The maximum Gasteiger partial charge on any atom is 0.269 e. The third kappa shape index (κ3) is 13.7. The lowest BCUT2D eigenvalue weighted by Gasteiger charge is -2.28. The quantitative estimate of drug-likeness (QED) is 0.149. The van der Waals surface area contributed by atoms with Crippen LogP contribution in [0.3, 0.4) is 0 Å². The second kappa shape index (κ2) is 22.2. The SMILES string of the molecule is C.C.Cc1cc(N)ccc1N1CCCCC1=O.Cc1cc([N+](=O)[O-])ccc1Br.Cc1cc([N+](=O)[O-])ccc1N1CCCCC1=O.O=C1CCCCN1.[HH]. The highest BCUT2D eigenvalue weighted by atomic mass is 79.9. The summed E-state index contributed by atoms with van der Waals surface area (Å²) in [5, 5.41) is 23.6. The molecule has 6 rings (SSSR count). The van der Waals surface area contributed by atoms with Gasteiger partial charge in [0.15, 0.2) is 0 Å². The molecular formula is C38H55BrN6O7. The Bertz CT molecular complexity index is 1700. The number of nitrogens with one attached hydrogen (secondary N) is 1. The molecule has 3 N–H and O–H groups in total. The Morgan fingerprint density at radius 3 is 1.52 bits per heavy atom. The summed E-state index contributed by atoms with van der Waals surface area (Å²) >= 11 is 3.26. The van der Waals surface area contributed by atoms with E-state index in [0.29, 0.717) is 19.4 Å². The van der Waals surface area contributed by atoms with E-state index in [1.54, 1.807) is 24.0 Å². The van der Waals surface area contributed by atoms with Crippen molar-refractivity contribution in [1.82, 2.24) is 5.32 Å². The minimum atomic E-state index is -0.422. The number of amides is 3. The van der Waals surface area contributed by atoms with E-state index in [1.807, 2.05) is 36.9 Å². The van der Waals surface area contributed by atoms with Crippen LogP contribution >= 0.6 is 15.9 Å². The molecule has 0 radical (unpaired) electrons. The molecule has 3 fully saturated rings. The molecule has 0 unspecified atom stereocenters. The molecule has 3 aliphatic rings. The number of carbonyl (C=O) groups excluding carboxylic acids is 3. The normalized spacial score (nSPS) is 15.0. The summed E-state index contributed by atoms with van der Waals surface area (Å²) in [5.74, 6) is 0.550. The summed E-state index contributed by atoms with van der Waals surface area (Å²) in [6, 6.07) is 15.0. The highest BCUT2D eigenvalue weighted by Crippen LogP contribution is 2.28. The van der Waals surface area contributed by atoms with Crippen molar-refractivity contribution in [1.29, 1.82) is 0 Å². The molecule has 3 aromatic rings. The number of carbonyl (C=O) groups is 3. The van der Waals surface area contributed by atoms with Crippen LogP contribution in [0.25, 0.3) is 0 Å². The molecule has 0 bridgehead atoms. The van der Waals surface area contributed by atoms with Gasteiger partial charge in [0.1, 0.15) is 0 Å². The Balaban J connectivity index is 0.000000694. The Labute approximate surface area is 316 Å². The van der Waals surface area contributed by atoms with Gasteiger partial charge in [-0.3, -0.25) is 34.6 Å². The molecule has 52 heavy (non-hydrogen) atoms. The zero-order valence-electron chi connectivity index (χ0n) is 28.8. The first-order valence-corrected chi connectivity index (χ1v) is 17.5. The van der Waals surface area contributed by atoms with Crippen LogP contribution in [0, 0.1) is 41.0 Å². The number of non-ortho nitro benzene ring substituents is 2. The summed E-state index contributed by atoms with van der Waals surface area (Å²) in [5.41, 5.74) is 11.2. The van der Waals surface area contributed by atoms with Gasteiger partial charge in [0.25, 0.3) is 11.4 Å². The van der Waals surface area contributed by atoms with E-state index in [2.05, 4.69) is 21.2 Å². The van der Waals surface area contributed by atoms with Gasteiger partial charge < -0.3 is 20.9 Å². The first kappa shape index (κ1) is 45.2. The summed E-state index contributed by atoms with van der Waals surface area (Å²) < 4.78 is 0.892. The molecule has 3 saturated heterocycles. The molecule has 3 amide bonds. The Morgan fingerprint density at radius 1 is 0.673 bits per heavy atom. The van der Waals surface area contributed by atoms with E-state index in [9.17, 15) is 34.6 Å². The summed E-state index contributed by atoms with van der Waals surface area (Å²) in [6.07, 6.45) is 8.24. The van der Waals surface area contributed by atoms with Crippen molar-refractivity contribution in [2.45, 2.75) is 93.4 Å². The third-order valence-corrected chi connectivity index (χ3v) is 9.24. The fourth-order valence-corrected chi connectivity index (χ4v) is 5.87. The van der Waals surface area contributed by atoms with Crippen LogP contribution in [0.4, 0.5) is 28.4 Å². The molecule has 0 aromatic heterocycles. The van der Waals surface area contributed by atoms with Crippen molar-refractivity contribution in [2.75, 3.05) is 35.2 Å². The number of rotatable bonds is 4. The minimum Gasteiger partial charge on any atom is -0.399 e. The van der Waals surface area contributed by atoms with Crippen LogP contribution in [0.5, 0.6) is 0 Å². The van der Waals surface area contributed by atoms with E-state index in [1.165, 1.54) is 24.3 Å². The van der Waals surface area contributed by atoms with Crippen LogP contribution in [0.1, 0.15) is 90.8 Å². The molecule has 3 heterocycles. The Hall–Kier alpha value is -4.85. The van der Waals surface area contributed by atoms with Crippen molar-refractivity contribution >= 4 is 62.1 Å². The first-order chi connectivity index (χ1) is 23.8. The monoisotopic (exact) mass is 786 g/mol. The van der Waals surface area contributed by atoms with Crippen molar-refractivity contribution in [3.63, 3.8) is 0 Å². The number of nitrogens with zero attached hydrogens (tertiary/aromatic N) is 4. The number of piperidine rings is 3. The van der Waals surface area contributed by atoms with Crippen molar-refractivity contribution in [3.8, 4) is 0 Å². The van der Waals surface area contributed by atoms with E-state index >= 15 is 0 Å². The number of nitro groups is 2. The lowest BCUT2D eigenvalue weighted by Crippen LogP contribution is -2.35. The first-order valence-electron chi connectivity index (χ1n) is 16.7. The number of anilines is 3. The molecule has 0 saturated carbocycles. The number of nitrogens with two attached hydrogens (primary N) is 1. The van der Waals surface area contributed by atoms with Crippen LogP contribution in [-0.4, -0.2) is 47.2 Å². The zero-order valence-corrected chi connectivity index (χ0v) is 30.4. The summed E-state index contributed by atoms with van der Waals surface area (Å²) in [6.45, 7) is 8.04. The number of nitrogen functional groups attached to an aromatic ring is 1. The van der Waals surface area contributed by atoms with Crippen LogP contribution in [0.2, 0.25) is 0 Å². The number of nitro benzene ring substituents is 2. The molecule has 3 aliphatic heterocycles. The van der Waals surface area contributed by atoms with Crippen LogP contribution in [-0.2, 0) is 14.4 Å². The second-order valence-electron chi connectivity index (χ2n) is 12.3. The lowest BCUT2D eigenvalue weighted by atomic mass is 10.1. The highest BCUT2D eigenvalue weighted by molar-refractivity contribution is 9.10. The number of hydrogen-bond acceptors (Lipinski definition) is 8. The molecule has 3 aromatic carbocycles. The molecule has 0 aliphatic carbocycles.